The minimum Gasteiger partial charge on any atom is -0.482 e. The number of aliphatic carboxylic acids is 1. The van der Waals surface area contributed by atoms with E-state index in [4.69, 9.17) is 9.84 Å². The zero-order chi connectivity index (χ0) is 27.2. The molecule has 0 aromatic heterocycles. The first kappa shape index (κ1) is 27.4. The molecule has 4 rings (SSSR count). The maximum absolute atomic E-state index is 13.9. The van der Waals surface area contributed by atoms with Crippen LogP contribution in [0.5, 0.6) is 5.75 Å². The van der Waals surface area contributed by atoms with Crippen LogP contribution in [0.15, 0.2) is 84.9 Å². The molecule has 38 heavy (non-hydrogen) atoms. The van der Waals surface area contributed by atoms with Crippen molar-refractivity contribution in [2.45, 2.75) is 30.3 Å². The highest BCUT2D eigenvalue weighted by Gasteiger charge is 2.44. The van der Waals surface area contributed by atoms with Crippen molar-refractivity contribution in [2.75, 3.05) is 40.3 Å². The molecule has 1 fully saturated rings. The molecule has 0 aliphatic carbocycles. The Bertz CT molecular complexity index is 1180. The topological polar surface area (TPSA) is 90.3 Å². The summed E-state index contributed by atoms with van der Waals surface area (Å²) in [5, 5.41) is 20.6. The Morgan fingerprint density at radius 3 is 1.95 bits per heavy atom. The summed E-state index contributed by atoms with van der Waals surface area (Å²) in [6.45, 7) is 1.50. The zero-order valence-electron chi connectivity index (χ0n) is 22.0. The lowest BCUT2D eigenvalue weighted by molar-refractivity contribution is -0.139. The van der Waals surface area contributed by atoms with E-state index in [1.807, 2.05) is 66.7 Å². The number of piperidine rings is 1. The Kier molecular flexibility index (Phi) is 8.49. The van der Waals surface area contributed by atoms with Gasteiger partial charge in [-0.2, -0.15) is 0 Å². The van der Waals surface area contributed by atoms with E-state index in [-0.39, 0.29) is 5.91 Å². The van der Waals surface area contributed by atoms with Gasteiger partial charge < -0.3 is 24.7 Å². The Morgan fingerprint density at radius 2 is 1.42 bits per heavy atom. The van der Waals surface area contributed by atoms with Gasteiger partial charge in [-0.05, 0) is 43.0 Å². The Morgan fingerprint density at radius 1 is 0.895 bits per heavy atom. The molecule has 2 N–H and O–H groups in total. The summed E-state index contributed by atoms with van der Waals surface area (Å²) in [5.74, 6) is -0.628. The van der Waals surface area contributed by atoms with Crippen LogP contribution in [0.1, 0.15) is 36.0 Å². The summed E-state index contributed by atoms with van der Waals surface area (Å²) in [7, 11) is 3.60. The quantitative estimate of drug-likeness (QED) is 0.425. The largest absolute Gasteiger partial charge is 0.482 e. The van der Waals surface area contributed by atoms with Gasteiger partial charge in [0.25, 0.3) is 0 Å². The maximum Gasteiger partial charge on any atom is 0.341 e. The van der Waals surface area contributed by atoms with Gasteiger partial charge in [0, 0.05) is 32.7 Å². The molecular weight excluding hydrogens is 480 g/mol. The molecule has 0 radical (unpaired) electrons. The van der Waals surface area contributed by atoms with Crippen LogP contribution in [-0.2, 0) is 20.6 Å². The summed E-state index contributed by atoms with van der Waals surface area (Å²) in [6.07, 6.45) is 1.55. The van der Waals surface area contributed by atoms with E-state index in [1.54, 1.807) is 37.2 Å². The second kappa shape index (κ2) is 11.8. The van der Waals surface area contributed by atoms with Crippen LogP contribution in [0.4, 0.5) is 0 Å². The van der Waals surface area contributed by atoms with Crippen molar-refractivity contribution >= 4 is 11.9 Å². The first-order chi connectivity index (χ1) is 18.3. The Labute approximate surface area is 224 Å². The number of benzene rings is 3. The number of carbonyl (C=O) groups excluding carboxylic acids is 1. The molecule has 1 aliphatic heterocycles. The number of likely N-dealkylation sites (tertiary alicyclic amines) is 1. The third-order valence-corrected chi connectivity index (χ3v) is 7.53. The second-order valence-electron chi connectivity index (χ2n) is 10.1. The number of carbonyl (C=O) groups is 2. The van der Waals surface area contributed by atoms with E-state index in [1.165, 1.54) is 0 Å². The molecule has 7 nitrogen and oxygen atoms in total. The molecule has 0 saturated carbocycles. The lowest BCUT2D eigenvalue weighted by Gasteiger charge is -2.41. The van der Waals surface area contributed by atoms with Crippen LogP contribution in [-0.4, -0.2) is 72.2 Å². The van der Waals surface area contributed by atoms with Gasteiger partial charge in [-0.15, -0.1) is 0 Å². The van der Waals surface area contributed by atoms with E-state index in [0.29, 0.717) is 50.2 Å². The van der Waals surface area contributed by atoms with Crippen LogP contribution in [0.25, 0.3) is 0 Å². The van der Waals surface area contributed by atoms with Crippen molar-refractivity contribution < 1.29 is 24.5 Å². The summed E-state index contributed by atoms with van der Waals surface area (Å²) < 4.78 is 5.47. The molecule has 1 heterocycles. The number of carboxylic acids is 1. The van der Waals surface area contributed by atoms with Crippen LogP contribution in [0.3, 0.4) is 0 Å². The van der Waals surface area contributed by atoms with Gasteiger partial charge in [-0.25, -0.2) is 4.79 Å². The van der Waals surface area contributed by atoms with Gasteiger partial charge in [0.15, 0.2) is 6.61 Å². The van der Waals surface area contributed by atoms with Crippen LogP contribution in [0.2, 0.25) is 0 Å². The lowest BCUT2D eigenvalue weighted by Crippen LogP contribution is -2.49. The highest BCUT2D eigenvalue weighted by Crippen LogP contribution is 2.40. The normalized spacial score (nSPS) is 15.6. The first-order valence-electron chi connectivity index (χ1n) is 13.0. The van der Waals surface area contributed by atoms with Gasteiger partial charge in [0.1, 0.15) is 11.2 Å². The monoisotopic (exact) mass is 516 g/mol. The Balaban J connectivity index is 1.55. The molecular formula is C31H36N2O5. The van der Waals surface area contributed by atoms with Crippen LogP contribution in [0, 0.1) is 0 Å². The minimum absolute atomic E-state index is 0.0351. The summed E-state index contributed by atoms with van der Waals surface area (Å²) in [4.78, 5) is 28.9. The molecule has 0 bridgehead atoms. The molecule has 0 spiro atoms. The average molecular weight is 517 g/mol. The Hall–Kier alpha value is -3.68. The van der Waals surface area contributed by atoms with Gasteiger partial charge >= 0.3 is 5.97 Å². The highest BCUT2D eigenvalue weighted by atomic mass is 16.5. The van der Waals surface area contributed by atoms with E-state index < -0.39 is 23.6 Å². The molecule has 200 valence electrons. The summed E-state index contributed by atoms with van der Waals surface area (Å²) in [6, 6.07) is 27.0. The average Bonchev–Trinajstić information content (AvgIpc) is 2.94. The lowest BCUT2D eigenvalue weighted by atomic mass is 9.70. The fraction of sp³-hybridized carbons (Fsp3) is 0.355. The van der Waals surface area contributed by atoms with Gasteiger partial charge in [0.05, 0.1) is 5.60 Å². The van der Waals surface area contributed by atoms with E-state index in [0.717, 1.165) is 11.1 Å². The molecule has 1 aliphatic rings. The smallest absolute Gasteiger partial charge is 0.341 e. The number of rotatable bonds is 10. The van der Waals surface area contributed by atoms with E-state index >= 15 is 0 Å². The van der Waals surface area contributed by atoms with Gasteiger partial charge in [-0.3, -0.25) is 4.79 Å². The SMILES string of the molecule is CN(C)C(=O)C(CCN1CCC(O)(c2ccccc2OCC(=O)O)CC1)(c1ccccc1)c1ccccc1. The predicted molar refractivity (Wildman–Crippen MR) is 146 cm³/mol. The fourth-order valence-corrected chi connectivity index (χ4v) is 5.49. The van der Waals surface area contributed by atoms with Gasteiger partial charge in [-0.1, -0.05) is 78.9 Å². The van der Waals surface area contributed by atoms with Crippen molar-refractivity contribution in [3.63, 3.8) is 0 Å². The maximum atomic E-state index is 13.9. The standard InChI is InChI=1S/C31H36N2O5/c1-32(2)29(36)31(24-11-5-3-6-12-24,25-13-7-4-8-14-25)19-22-33-20-17-30(37,18-21-33)26-15-9-10-16-27(26)38-23-28(34)35/h3-16,37H,17-23H2,1-2H3,(H,34,35). The fourth-order valence-electron chi connectivity index (χ4n) is 5.49. The number of aliphatic hydroxyl groups is 1. The number of ether oxygens (including phenoxy) is 1. The number of likely N-dealkylation sites (N-methyl/N-ethyl adjacent to an activating group) is 1. The summed E-state index contributed by atoms with van der Waals surface area (Å²) in [5.41, 5.74) is 0.593. The highest BCUT2D eigenvalue weighted by molar-refractivity contribution is 5.92. The molecule has 0 unspecified atom stereocenters. The molecule has 1 saturated heterocycles. The van der Waals surface area contributed by atoms with Crippen LogP contribution < -0.4 is 4.74 Å². The van der Waals surface area contributed by atoms with Crippen molar-refractivity contribution in [1.82, 2.24) is 9.80 Å². The predicted octanol–water partition coefficient (Wildman–Crippen LogP) is 3.90. The third kappa shape index (κ3) is 5.74. The van der Waals surface area contributed by atoms with Crippen molar-refractivity contribution in [3.05, 3.63) is 102 Å². The van der Waals surface area contributed by atoms with Crippen LogP contribution >= 0.6 is 0 Å². The summed E-state index contributed by atoms with van der Waals surface area (Å²) >= 11 is 0. The van der Waals surface area contributed by atoms with Crippen molar-refractivity contribution in [2.24, 2.45) is 0 Å². The van der Waals surface area contributed by atoms with E-state index in [9.17, 15) is 14.7 Å². The molecule has 3 aromatic rings. The first-order valence-corrected chi connectivity index (χ1v) is 13.0. The molecule has 0 atom stereocenters. The number of carboxylic acid groups (broad SMARTS) is 1. The second-order valence-corrected chi connectivity index (χ2v) is 10.1. The third-order valence-electron chi connectivity index (χ3n) is 7.53. The number of para-hydroxylation sites is 1. The van der Waals surface area contributed by atoms with Crippen molar-refractivity contribution in [3.8, 4) is 5.75 Å². The number of hydrogen-bond acceptors (Lipinski definition) is 5. The molecule has 3 aromatic carbocycles. The van der Waals surface area contributed by atoms with Crippen molar-refractivity contribution in [1.29, 1.82) is 0 Å². The number of hydrogen-bond donors (Lipinski definition) is 2. The molecule has 7 heteroatoms. The molecule has 1 amide bonds. The minimum atomic E-state index is -1.11. The number of amides is 1. The van der Waals surface area contributed by atoms with E-state index in [2.05, 4.69) is 4.90 Å². The zero-order valence-corrected chi connectivity index (χ0v) is 22.0. The van der Waals surface area contributed by atoms with Gasteiger partial charge in [0.2, 0.25) is 5.91 Å². The number of nitrogens with zero attached hydrogens (tertiary/aromatic N) is 2.